The highest BCUT2D eigenvalue weighted by Crippen LogP contribution is 2.10. The molecule has 5 heteroatoms. The largest absolute Gasteiger partial charge is 0.348 e. The van der Waals surface area contributed by atoms with E-state index in [1.165, 1.54) is 0 Å². The minimum atomic E-state index is -0.0697. The van der Waals surface area contributed by atoms with Crippen molar-refractivity contribution >= 4 is 5.91 Å². The molecule has 2 aromatic rings. The van der Waals surface area contributed by atoms with Crippen molar-refractivity contribution in [2.75, 3.05) is 20.6 Å². The van der Waals surface area contributed by atoms with Crippen LogP contribution in [0.3, 0.4) is 0 Å². The van der Waals surface area contributed by atoms with Crippen molar-refractivity contribution in [1.82, 2.24) is 20.0 Å². The summed E-state index contributed by atoms with van der Waals surface area (Å²) in [5, 5.41) is 7.41. The van der Waals surface area contributed by atoms with Crippen LogP contribution in [0.25, 0.3) is 5.69 Å². The van der Waals surface area contributed by atoms with Crippen LogP contribution in [-0.2, 0) is 0 Å². The van der Waals surface area contributed by atoms with E-state index >= 15 is 0 Å². The number of para-hydroxylation sites is 1. The summed E-state index contributed by atoms with van der Waals surface area (Å²) in [6.45, 7) is 5.17. The van der Waals surface area contributed by atoms with Gasteiger partial charge in [0.15, 0.2) is 0 Å². The van der Waals surface area contributed by atoms with Crippen LogP contribution in [0.15, 0.2) is 42.7 Å². The third kappa shape index (κ3) is 5.21. The Morgan fingerprint density at radius 3 is 2.57 bits per heavy atom. The molecule has 0 fully saturated rings. The predicted molar refractivity (Wildman–Crippen MR) is 92.8 cm³/mol. The van der Waals surface area contributed by atoms with Gasteiger partial charge in [0.1, 0.15) is 0 Å². The van der Waals surface area contributed by atoms with Gasteiger partial charge < -0.3 is 10.2 Å². The fourth-order valence-corrected chi connectivity index (χ4v) is 2.62. The highest BCUT2D eigenvalue weighted by Gasteiger charge is 2.17. The molecule has 1 heterocycles. The lowest BCUT2D eigenvalue weighted by atomic mass is 10.0. The number of likely N-dealkylation sites (N-methyl/N-ethyl adjacent to an activating group) is 1. The number of nitrogens with zero attached hydrogens (tertiary/aromatic N) is 3. The first-order valence-electron chi connectivity index (χ1n) is 8.01. The van der Waals surface area contributed by atoms with Crippen molar-refractivity contribution < 1.29 is 4.79 Å². The molecule has 0 aliphatic carbocycles. The molecule has 0 bridgehead atoms. The molecule has 1 unspecified atom stereocenters. The molecule has 5 nitrogen and oxygen atoms in total. The third-order valence-corrected chi connectivity index (χ3v) is 3.54. The Morgan fingerprint density at radius 1 is 1.26 bits per heavy atom. The van der Waals surface area contributed by atoms with Gasteiger partial charge in [-0.15, -0.1) is 0 Å². The number of carbonyl (C=O) groups is 1. The fourth-order valence-electron chi connectivity index (χ4n) is 2.62. The van der Waals surface area contributed by atoms with Crippen molar-refractivity contribution in [3.8, 4) is 5.69 Å². The summed E-state index contributed by atoms with van der Waals surface area (Å²) in [4.78, 5) is 14.6. The van der Waals surface area contributed by atoms with Crippen LogP contribution in [0, 0.1) is 5.92 Å². The Morgan fingerprint density at radius 2 is 1.96 bits per heavy atom. The maximum atomic E-state index is 12.5. The molecule has 0 spiro atoms. The summed E-state index contributed by atoms with van der Waals surface area (Å²) < 4.78 is 1.72. The zero-order valence-corrected chi connectivity index (χ0v) is 14.4. The molecule has 0 saturated heterocycles. The quantitative estimate of drug-likeness (QED) is 0.854. The van der Waals surface area contributed by atoms with E-state index in [0.717, 1.165) is 18.7 Å². The van der Waals surface area contributed by atoms with Crippen molar-refractivity contribution in [3.05, 3.63) is 48.3 Å². The van der Waals surface area contributed by atoms with Crippen molar-refractivity contribution in [1.29, 1.82) is 0 Å². The zero-order chi connectivity index (χ0) is 16.8. The summed E-state index contributed by atoms with van der Waals surface area (Å²) in [7, 11) is 4.04. The van der Waals surface area contributed by atoms with Gasteiger partial charge in [-0.2, -0.15) is 5.10 Å². The Bertz CT molecular complexity index is 609. The number of hydrogen-bond acceptors (Lipinski definition) is 3. The fraction of sp³-hybridized carbons (Fsp3) is 0.444. The first-order chi connectivity index (χ1) is 11.0. The first kappa shape index (κ1) is 17.2. The van der Waals surface area contributed by atoms with Gasteiger partial charge >= 0.3 is 0 Å². The molecule has 0 aliphatic heterocycles. The van der Waals surface area contributed by atoms with Crippen LogP contribution in [0.5, 0.6) is 0 Å². The lowest BCUT2D eigenvalue weighted by molar-refractivity contribution is 0.0924. The predicted octanol–water partition coefficient (Wildman–Crippen LogP) is 2.58. The highest BCUT2D eigenvalue weighted by molar-refractivity contribution is 5.94. The monoisotopic (exact) mass is 314 g/mol. The van der Waals surface area contributed by atoms with Crippen molar-refractivity contribution in [3.63, 3.8) is 0 Å². The molecule has 124 valence electrons. The Balaban J connectivity index is 2.06. The lowest BCUT2D eigenvalue weighted by Crippen LogP contribution is -2.42. The molecule has 1 atom stereocenters. The van der Waals surface area contributed by atoms with Crippen LogP contribution in [0.1, 0.15) is 30.6 Å². The molecular weight excluding hydrogens is 288 g/mol. The second kappa shape index (κ2) is 7.92. The Hall–Kier alpha value is -2.14. The average Bonchev–Trinajstić information content (AvgIpc) is 2.96. The molecular formula is C18H26N4O. The van der Waals surface area contributed by atoms with Gasteiger partial charge in [0.2, 0.25) is 0 Å². The lowest BCUT2D eigenvalue weighted by Gasteiger charge is -2.23. The van der Waals surface area contributed by atoms with Gasteiger partial charge in [0, 0.05) is 18.8 Å². The Kier molecular flexibility index (Phi) is 5.93. The molecule has 23 heavy (non-hydrogen) atoms. The summed E-state index contributed by atoms with van der Waals surface area (Å²) >= 11 is 0. The van der Waals surface area contributed by atoms with Gasteiger partial charge in [-0.05, 0) is 38.6 Å². The molecule has 2 rings (SSSR count). The highest BCUT2D eigenvalue weighted by atomic mass is 16.1. The van der Waals surface area contributed by atoms with Gasteiger partial charge in [0.25, 0.3) is 5.91 Å². The minimum Gasteiger partial charge on any atom is -0.348 e. The average molecular weight is 314 g/mol. The normalized spacial score (nSPS) is 12.6. The maximum Gasteiger partial charge on any atom is 0.254 e. The molecule has 1 amide bonds. The van der Waals surface area contributed by atoms with Gasteiger partial charge in [-0.3, -0.25) is 4.79 Å². The number of benzene rings is 1. The number of hydrogen-bond donors (Lipinski definition) is 1. The van der Waals surface area contributed by atoms with E-state index in [-0.39, 0.29) is 11.9 Å². The van der Waals surface area contributed by atoms with Gasteiger partial charge in [-0.1, -0.05) is 32.0 Å². The summed E-state index contributed by atoms with van der Waals surface area (Å²) in [5.41, 5.74) is 1.53. The summed E-state index contributed by atoms with van der Waals surface area (Å²) in [6.07, 6.45) is 4.34. The molecule has 0 saturated carbocycles. The number of aromatic nitrogens is 2. The van der Waals surface area contributed by atoms with Crippen LogP contribution in [0.2, 0.25) is 0 Å². The van der Waals surface area contributed by atoms with Crippen LogP contribution >= 0.6 is 0 Å². The number of rotatable bonds is 7. The second-order valence-corrected chi connectivity index (χ2v) is 6.57. The first-order valence-corrected chi connectivity index (χ1v) is 8.01. The van der Waals surface area contributed by atoms with E-state index in [4.69, 9.17) is 0 Å². The third-order valence-electron chi connectivity index (χ3n) is 3.54. The Labute approximate surface area is 138 Å². The van der Waals surface area contributed by atoms with Gasteiger partial charge in [0.05, 0.1) is 17.4 Å². The maximum absolute atomic E-state index is 12.5. The number of amides is 1. The number of nitrogens with one attached hydrogen (secondary N) is 1. The minimum absolute atomic E-state index is 0.0697. The molecule has 0 aliphatic rings. The summed E-state index contributed by atoms with van der Waals surface area (Å²) in [6, 6.07) is 9.92. The molecule has 1 aromatic carbocycles. The van der Waals surface area contributed by atoms with Crippen LogP contribution in [-0.4, -0.2) is 47.3 Å². The van der Waals surface area contributed by atoms with E-state index in [9.17, 15) is 4.79 Å². The van der Waals surface area contributed by atoms with Crippen LogP contribution in [0.4, 0.5) is 0 Å². The SMILES string of the molecule is CC(C)CC(CN(C)C)NC(=O)c1cnn(-c2ccccc2)c1. The van der Waals surface area contributed by atoms with E-state index in [2.05, 4.69) is 29.2 Å². The van der Waals surface area contributed by atoms with Crippen molar-refractivity contribution in [2.45, 2.75) is 26.3 Å². The van der Waals surface area contributed by atoms with Crippen LogP contribution < -0.4 is 5.32 Å². The smallest absolute Gasteiger partial charge is 0.254 e. The number of carbonyl (C=O) groups excluding carboxylic acids is 1. The van der Waals surface area contributed by atoms with E-state index < -0.39 is 0 Å². The van der Waals surface area contributed by atoms with E-state index in [1.807, 2.05) is 44.4 Å². The summed E-state index contributed by atoms with van der Waals surface area (Å²) in [5.74, 6) is 0.465. The zero-order valence-electron chi connectivity index (χ0n) is 14.4. The second-order valence-electron chi connectivity index (χ2n) is 6.57. The topological polar surface area (TPSA) is 50.2 Å². The van der Waals surface area contributed by atoms with Gasteiger partial charge in [-0.25, -0.2) is 4.68 Å². The molecule has 0 radical (unpaired) electrons. The molecule has 1 N–H and O–H groups in total. The van der Waals surface area contributed by atoms with Crippen molar-refractivity contribution in [2.24, 2.45) is 5.92 Å². The van der Waals surface area contributed by atoms with E-state index in [0.29, 0.717) is 11.5 Å². The standard InChI is InChI=1S/C18H26N4O/c1-14(2)10-16(13-21(3)4)20-18(23)15-11-19-22(12-15)17-8-6-5-7-9-17/h5-9,11-12,14,16H,10,13H2,1-4H3,(H,20,23). The molecule has 1 aromatic heterocycles. The van der Waals surface area contributed by atoms with E-state index in [1.54, 1.807) is 17.1 Å².